The van der Waals surface area contributed by atoms with Gasteiger partial charge in [0.2, 0.25) is 0 Å². The fourth-order valence-corrected chi connectivity index (χ4v) is 4.43. The number of anilines is 1. The maximum absolute atomic E-state index is 12.7. The van der Waals surface area contributed by atoms with Crippen LogP contribution < -0.4 is 10.2 Å². The molecule has 0 unspecified atom stereocenters. The minimum atomic E-state index is -0.506. The monoisotopic (exact) mass is 432 g/mol. The normalized spacial score (nSPS) is 15.3. The molecule has 3 rings (SSSR count). The SMILES string of the molecule is CCN(CC)[C@@H](CNC(=O)N1CCN(c2ccc([N+](=O)[O-])nc2)CC1)c1ccsc1. The second-order valence-electron chi connectivity index (χ2n) is 7.09. The third-order valence-electron chi connectivity index (χ3n) is 5.48. The van der Waals surface area contributed by atoms with Gasteiger partial charge in [-0.05, 0) is 51.5 Å². The molecule has 0 radical (unpaired) electrons. The number of carbonyl (C=O) groups excluding carboxylic acids is 1. The summed E-state index contributed by atoms with van der Waals surface area (Å²) in [7, 11) is 0. The Morgan fingerprint density at radius 3 is 2.53 bits per heavy atom. The molecule has 1 aliphatic rings. The van der Waals surface area contributed by atoms with Gasteiger partial charge in [0.1, 0.15) is 0 Å². The lowest BCUT2D eigenvalue weighted by Crippen LogP contribution is -2.52. The minimum Gasteiger partial charge on any atom is -0.365 e. The largest absolute Gasteiger partial charge is 0.365 e. The van der Waals surface area contributed by atoms with Crippen LogP contribution in [0.5, 0.6) is 0 Å². The van der Waals surface area contributed by atoms with Crippen molar-refractivity contribution in [3.63, 3.8) is 0 Å². The first kappa shape index (κ1) is 22.0. The number of likely N-dealkylation sites (N-methyl/N-ethyl adjacent to an activating group) is 1. The zero-order valence-corrected chi connectivity index (χ0v) is 18.2. The second kappa shape index (κ2) is 10.4. The summed E-state index contributed by atoms with van der Waals surface area (Å²) < 4.78 is 0. The summed E-state index contributed by atoms with van der Waals surface area (Å²) in [6, 6.07) is 5.35. The summed E-state index contributed by atoms with van der Waals surface area (Å²) in [6.45, 7) is 9.21. The molecule has 9 nitrogen and oxygen atoms in total. The van der Waals surface area contributed by atoms with Crippen molar-refractivity contribution in [2.75, 3.05) is 50.7 Å². The van der Waals surface area contributed by atoms with E-state index in [9.17, 15) is 14.9 Å². The zero-order valence-electron chi connectivity index (χ0n) is 17.4. The van der Waals surface area contributed by atoms with Crippen LogP contribution >= 0.6 is 11.3 Å². The van der Waals surface area contributed by atoms with E-state index in [4.69, 9.17) is 0 Å². The van der Waals surface area contributed by atoms with Crippen molar-refractivity contribution >= 4 is 28.9 Å². The Kier molecular flexibility index (Phi) is 7.58. The molecular weight excluding hydrogens is 404 g/mol. The first-order valence-corrected chi connectivity index (χ1v) is 11.1. The lowest BCUT2D eigenvalue weighted by Gasteiger charge is -2.36. The molecule has 0 bridgehead atoms. The van der Waals surface area contributed by atoms with Crippen LogP contribution in [0, 0.1) is 10.1 Å². The highest BCUT2D eigenvalue weighted by atomic mass is 32.1. The van der Waals surface area contributed by atoms with Crippen LogP contribution in [0.1, 0.15) is 25.5 Å². The van der Waals surface area contributed by atoms with Gasteiger partial charge in [-0.25, -0.2) is 4.79 Å². The number of amides is 2. The topological polar surface area (TPSA) is 94.9 Å². The van der Waals surface area contributed by atoms with Gasteiger partial charge in [0, 0.05) is 38.8 Å². The molecule has 10 heteroatoms. The molecule has 2 aromatic rings. The van der Waals surface area contributed by atoms with E-state index in [0.717, 1.165) is 18.8 Å². The summed E-state index contributed by atoms with van der Waals surface area (Å²) >= 11 is 1.67. The van der Waals surface area contributed by atoms with E-state index < -0.39 is 4.92 Å². The summed E-state index contributed by atoms with van der Waals surface area (Å²) in [5.74, 6) is -0.162. The van der Waals surface area contributed by atoms with Gasteiger partial charge >= 0.3 is 11.8 Å². The number of thiophene rings is 1. The molecule has 1 atom stereocenters. The van der Waals surface area contributed by atoms with Crippen LogP contribution in [0.2, 0.25) is 0 Å². The number of nitro groups is 1. The van der Waals surface area contributed by atoms with Crippen molar-refractivity contribution in [3.05, 3.63) is 50.8 Å². The van der Waals surface area contributed by atoms with Gasteiger partial charge in [-0.1, -0.05) is 13.8 Å². The summed E-state index contributed by atoms with van der Waals surface area (Å²) in [4.78, 5) is 33.1. The van der Waals surface area contributed by atoms with E-state index in [-0.39, 0.29) is 17.9 Å². The van der Waals surface area contributed by atoms with Gasteiger partial charge in [0.05, 0.1) is 11.7 Å². The summed E-state index contributed by atoms with van der Waals surface area (Å²) in [5, 5.41) is 18.1. The number of nitrogens with one attached hydrogen (secondary N) is 1. The van der Waals surface area contributed by atoms with Gasteiger partial charge in [-0.15, -0.1) is 0 Å². The summed E-state index contributed by atoms with van der Waals surface area (Å²) in [5.41, 5.74) is 2.07. The molecule has 1 fully saturated rings. The Balaban J connectivity index is 1.52. The van der Waals surface area contributed by atoms with Gasteiger partial charge in [-0.3, -0.25) is 4.90 Å². The van der Waals surface area contributed by atoms with E-state index in [2.05, 4.69) is 50.8 Å². The standard InChI is InChI=1S/C20H28N6O3S/c1-3-23(4-2)18(16-7-12-30-15-16)14-22-20(27)25-10-8-24(9-11-25)17-5-6-19(21-13-17)26(28)29/h5-7,12-13,15,18H,3-4,8-11,14H2,1-2H3,(H,22,27)/t18-/m0/s1. The fraction of sp³-hybridized carbons (Fsp3) is 0.500. The van der Waals surface area contributed by atoms with Crippen LogP contribution in [-0.2, 0) is 0 Å². The van der Waals surface area contributed by atoms with Crippen molar-refractivity contribution in [1.29, 1.82) is 0 Å². The highest BCUT2D eigenvalue weighted by molar-refractivity contribution is 7.07. The lowest BCUT2D eigenvalue weighted by molar-refractivity contribution is -0.389. The maximum atomic E-state index is 12.7. The Morgan fingerprint density at radius 2 is 2.00 bits per heavy atom. The number of aromatic nitrogens is 1. The van der Waals surface area contributed by atoms with Crippen LogP contribution in [0.25, 0.3) is 0 Å². The molecule has 0 spiro atoms. The molecule has 30 heavy (non-hydrogen) atoms. The number of hydrogen-bond acceptors (Lipinski definition) is 7. The Morgan fingerprint density at radius 1 is 1.27 bits per heavy atom. The van der Waals surface area contributed by atoms with Crippen molar-refractivity contribution in [3.8, 4) is 0 Å². The molecule has 1 aliphatic heterocycles. The number of nitrogens with zero attached hydrogens (tertiary/aromatic N) is 5. The van der Waals surface area contributed by atoms with E-state index in [1.807, 2.05) is 4.90 Å². The predicted molar refractivity (Wildman–Crippen MR) is 118 cm³/mol. The van der Waals surface area contributed by atoms with Crippen LogP contribution in [0.3, 0.4) is 0 Å². The number of carbonyl (C=O) groups is 1. The maximum Gasteiger partial charge on any atom is 0.363 e. The minimum absolute atomic E-state index is 0.0520. The molecule has 3 heterocycles. The van der Waals surface area contributed by atoms with Gasteiger partial charge in [-0.2, -0.15) is 11.3 Å². The van der Waals surface area contributed by atoms with Crippen molar-refractivity contribution in [1.82, 2.24) is 20.1 Å². The van der Waals surface area contributed by atoms with Crippen molar-refractivity contribution in [2.24, 2.45) is 0 Å². The average molecular weight is 433 g/mol. The third-order valence-corrected chi connectivity index (χ3v) is 6.18. The highest BCUT2D eigenvalue weighted by Gasteiger charge is 2.24. The predicted octanol–water partition coefficient (Wildman–Crippen LogP) is 2.97. The van der Waals surface area contributed by atoms with E-state index in [0.29, 0.717) is 32.7 Å². The van der Waals surface area contributed by atoms with Crippen LogP contribution in [-0.4, -0.2) is 71.6 Å². The van der Waals surface area contributed by atoms with Gasteiger partial charge < -0.3 is 25.2 Å². The smallest absolute Gasteiger partial charge is 0.363 e. The first-order chi connectivity index (χ1) is 14.5. The average Bonchev–Trinajstić information content (AvgIpc) is 3.31. The zero-order chi connectivity index (χ0) is 21.5. The Labute approximate surface area is 180 Å². The van der Waals surface area contributed by atoms with E-state index in [1.54, 1.807) is 17.4 Å². The molecule has 0 aliphatic carbocycles. The Hall–Kier alpha value is -2.72. The van der Waals surface area contributed by atoms with Gasteiger partial charge in [0.15, 0.2) is 6.20 Å². The van der Waals surface area contributed by atoms with E-state index >= 15 is 0 Å². The fourth-order valence-electron chi connectivity index (χ4n) is 3.72. The van der Waals surface area contributed by atoms with Crippen molar-refractivity contribution in [2.45, 2.75) is 19.9 Å². The van der Waals surface area contributed by atoms with E-state index in [1.165, 1.54) is 17.8 Å². The molecule has 0 aromatic carbocycles. The lowest BCUT2D eigenvalue weighted by atomic mass is 10.1. The first-order valence-electron chi connectivity index (χ1n) is 10.2. The number of urea groups is 1. The quantitative estimate of drug-likeness (QED) is 0.509. The number of piperazine rings is 1. The highest BCUT2D eigenvalue weighted by Crippen LogP contribution is 2.22. The molecular formula is C20H28N6O3S. The number of hydrogen-bond donors (Lipinski definition) is 1. The molecule has 1 saturated heterocycles. The third kappa shape index (κ3) is 5.25. The molecule has 2 aromatic heterocycles. The Bertz CT molecular complexity index is 818. The molecule has 0 saturated carbocycles. The molecule has 2 amide bonds. The summed E-state index contributed by atoms with van der Waals surface area (Å²) in [6.07, 6.45) is 1.52. The molecule has 162 valence electrons. The van der Waals surface area contributed by atoms with Crippen molar-refractivity contribution < 1.29 is 9.72 Å². The van der Waals surface area contributed by atoms with Crippen LogP contribution in [0.4, 0.5) is 16.3 Å². The second-order valence-corrected chi connectivity index (χ2v) is 7.87. The number of pyridine rings is 1. The van der Waals surface area contributed by atoms with Gasteiger partial charge in [0.25, 0.3) is 0 Å². The van der Waals surface area contributed by atoms with Crippen LogP contribution in [0.15, 0.2) is 35.2 Å². The number of rotatable bonds is 8. The molecule has 1 N–H and O–H groups in total.